The Morgan fingerprint density at radius 2 is 2.06 bits per heavy atom. The van der Waals surface area contributed by atoms with Crippen LogP contribution in [0.5, 0.6) is 5.75 Å². The van der Waals surface area contributed by atoms with Gasteiger partial charge in [0.1, 0.15) is 12.4 Å². The Morgan fingerprint density at radius 1 is 1.25 bits per heavy atom. The van der Waals surface area contributed by atoms with Crippen molar-refractivity contribution >= 4 is 17.6 Å². The van der Waals surface area contributed by atoms with Gasteiger partial charge in [-0.15, -0.1) is 0 Å². The Kier molecular flexibility index (Phi) is 2.68. The molecule has 0 bridgehead atoms. The highest BCUT2D eigenvalue weighted by Gasteiger charge is 2.21. The van der Waals surface area contributed by atoms with E-state index in [-0.39, 0.29) is 0 Å². The molecule has 1 aromatic rings. The lowest BCUT2D eigenvalue weighted by molar-refractivity contribution is -0.110. The largest absolute Gasteiger partial charge is 0.490 e. The minimum Gasteiger partial charge on any atom is -0.490 e. The third kappa shape index (κ3) is 1.80. The van der Waals surface area contributed by atoms with Gasteiger partial charge >= 0.3 is 0 Å². The molecule has 0 amide bonds. The van der Waals surface area contributed by atoms with E-state index in [0.717, 1.165) is 5.56 Å². The number of hydrogen-bond acceptors (Lipinski definition) is 3. The van der Waals surface area contributed by atoms with Crippen molar-refractivity contribution in [2.45, 2.75) is 0 Å². The van der Waals surface area contributed by atoms with E-state index in [9.17, 15) is 9.59 Å². The minimum absolute atomic E-state index is 0.372. The molecular weight excluding hydrogens is 204 g/mol. The van der Waals surface area contributed by atoms with Gasteiger partial charge in [-0.3, -0.25) is 9.59 Å². The van der Waals surface area contributed by atoms with Gasteiger partial charge in [0.05, 0.1) is 0 Å². The zero-order chi connectivity index (χ0) is 11.5. The highest BCUT2D eigenvalue weighted by Crippen LogP contribution is 2.22. The smallest absolute Gasteiger partial charge is 0.233 e. The lowest BCUT2D eigenvalue weighted by Gasteiger charge is -2.10. The van der Waals surface area contributed by atoms with Crippen molar-refractivity contribution in [2.75, 3.05) is 6.61 Å². The first-order chi connectivity index (χ1) is 7.72. The lowest BCUT2D eigenvalue weighted by atomic mass is 9.95. The maximum Gasteiger partial charge on any atom is 0.233 e. The van der Waals surface area contributed by atoms with Gasteiger partial charge in [-0.25, -0.2) is 0 Å². The summed E-state index contributed by atoms with van der Waals surface area (Å²) in [5.41, 5.74) is 1.14. The number of ketones is 2. The van der Waals surface area contributed by atoms with Crippen LogP contribution in [0, 0.1) is 0 Å². The second kappa shape index (κ2) is 4.14. The molecule has 1 aliphatic carbocycles. The van der Waals surface area contributed by atoms with Crippen LogP contribution in [0.25, 0.3) is 6.08 Å². The molecule has 0 fully saturated rings. The Hall–Kier alpha value is -2.16. The molecule has 3 nitrogen and oxygen atoms in total. The maximum atomic E-state index is 11.6. The predicted octanol–water partition coefficient (Wildman–Crippen LogP) is 2.03. The maximum absolute atomic E-state index is 11.6. The first kappa shape index (κ1) is 10.4. The molecule has 0 saturated heterocycles. The molecule has 0 aromatic heterocycles. The molecule has 1 aromatic carbocycles. The Labute approximate surface area is 93.0 Å². The van der Waals surface area contributed by atoms with E-state index in [2.05, 4.69) is 6.58 Å². The number of carbonyl (C=O) groups is 2. The van der Waals surface area contributed by atoms with Crippen molar-refractivity contribution in [2.24, 2.45) is 0 Å². The first-order valence-electron chi connectivity index (χ1n) is 4.87. The molecule has 16 heavy (non-hydrogen) atoms. The normalized spacial score (nSPS) is 13.5. The third-order valence-electron chi connectivity index (χ3n) is 2.28. The number of ether oxygens (including phenoxy) is 1. The predicted molar refractivity (Wildman–Crippen MR) is 60.5 cm³/mol. The van der Waals surface area contributed by atoms with E-state index >= 15 is 0 Å². The van der Waals surface area contributed by atoms with Crippen LogP contribution in [0.3, 0.4) is 0 Å². The molecule has 0 N–H and O–H groups in total. The number of carbonyl (C=O) groups excluding carboxylic acids is 2. The molecule has 1 aliphatic rings. The highest BCUT2D eigenvalue weighted by atomic mass is 16.5. The van der Waals surface area contributed by atoms with Crippen LogP contribution in [-0.2, 0) is 4.79 Å². The lowest BCUT2D eigenvalue weighted by Crippen LogP contribution is -2.16. The molecular formula is C13H10O3. The number of Topliss-reactive ketones (excluding diaryl/α,β-unsaturated/α-hetero) is 1. The first-order valence-corrected chi connectivity index (χ1v) is 4.87. The Bertz CT molecular complexity index is 498. The molecule has 0 saturated carbocycles. The number of fused-ring (bicyclic) bond motifs is 1. The van der Waals surface area contributed by atoms with Gasteiger partial charge < -0.3 is 4.74 Å². The average molecular weight is 214 g/mol. The molecule has 2 rings (SSSR count). The Balaban J connectivity index is 2.37. The molecule has 0 unspecified atom stereocenters. The van der Waals surface area contributed by atoms with Crippen molar-refractivity contribution in [1.29, 1.82) is 0 Å². The molecule has 80 valence electrons. The summed E-state index contributed by atoms with van der Waals surface area (Å²) in [6.45, 7) is 3.90. The molecule has 0 atom stereocenters. The quantitative estimate of drug-likeness (QED) is 0.571. The van der Waals surface area contributed by atoms with Crippen LogP contribution in [0.15, 0.2) is 36.9 Å². The molecule has 0 aliphatic heterocycles. The monoisotopic (exact) mass is 214 g/mol. The standard InChI is InChI=1S/C13H10O3/c1-2-7-16-10-5-3-9-4-6-12(14)13(15)11(9)8-10/h2-6,8H,1,7H2. The Morgan fingerprint density at radius 3 is 2.81 bits per heavy atom. The minimum atomic E-state index is -0.492. The van der Waals surface area contributed by atoms with Crippen LogP contribution in [-0.4, -0.2) is 18.2 Å². The topological polar surface area (TPSA) is 43.4 Å². The van der Waals surface area contributed by atoms with Gasteiger partial charge in [-0.1, -0.05) is 24.8 Å². The van der Waals surface area contributed by atoms with E-state index in [1.807, 2.05) is 0 Å². The van der Waals surface area contributed by atoms with Crippen LogP contribution in [0.1, 0.15) is 15.9 Å². The second-order valence-electron chi connectivity index (χ2n) is 3.38. The molecule has 0 radical (unpaired) electrons. The summed E-state index contributed by atoms with van der Waals surface area (Å²) in [5, 5.41) is 0. The van der Waals surface area contributed by atoms with Gasteiger partial charge in [-0.05, 0) is 23.8 Å². The van der Waals surface area contributed by atoms with Gasteiger partial charge in [0, 0.05) is 5.56 Å². The van der Waals surface area contributed by atoms with E-state index < -0.39 is 11.6 Å². The van der Waals surface area contributed by atoms with Crippen LogP contribution in [0.4, 0.5) is 0 Å². The summed E-state index contributed by atoms with van der Waals surface area (Å²) >= 11 is 0. The number of rotatable bonds is 3. The number of benzene rings is 1. The van der Waals surface area contributed by atoms with Gasteiger partial charge in [-0.2, -0.15) is 0 Å². The third-order valence-corrected chi connectivity index (χ3v) is 2.28. The van der Waals surface area contributed by atoms with E-state index in [0.29, 0.717) is 17.9 Å². The fourth-order valence-electron chi connectivity index (χ4n) is 1.50. The summed E-state index contributed by atoms with van der Waals surface area (Å²) < 4.78 is 5.30. The zero-order valence-corrected chi connectivity index (χ0v) is 8.60. The van der Waals surface area contributed by atoms with E-state index in [4.69, 9.17) is 4.74 Å². The molecule has 0 heterocycles. The van der Waals surface area contributed by atoms with E-state index in [1.54, 1.807) is 30.4 Å². The summed E-state index contributed by atoms with van der Waals surface area (Å²) in [5.74, 6) is -0.412. The highest BCUT2D eigenvalue weighted by molar-refractivity contribution is 6.50. The van der Waals surface area contributed by atoms with Crippen LogP contribution >= 0.6 is 0 Å². The summed E-state index contributed by atoms with van der Waals surface area (Å²) in [6, 6.07) is 5.10. The van der Waals surface area contributed by atoms with Crippen molar-refractivity contribution in [3.05, 3.63) is 48.1 Å². The van der Waals surface area contributed by atoms with Gasteiger partial charge in [0.25, 0.3) is 0 Å². The fourth-order valence-corrected chi connectivity index (χ4v) is 1.50. The summed E-state index contributed by atoms with van der Waals surface area (Å²) in [6.07, 6.45) is 4.54. The summed E-state index contributed by atoms with van der Waals surface area (Å²) in [4.78, 5) is 22.8. The second-order valence-corrected chi connectivity index (χ2v) is 3.38. The molecule has 3 heteroatoms. The number of allylic oxidation sites excluding steroid dienone is 1. The average Bonchev–Trinajstić information content (AvgIpc) is 2.31. The van der Waals surface area contributed by atoms with Crippen molar-refractivity contribution < 1.29 is 14.3 Å². The SMILES string of the molecule is C=CCOc1ccc2c(c1)C(=O)C(=O)C=C2. The van der Waals surface area contributed by atoms with Crippen LogP contribution in [0.2, 0.25) is 0 Å². The zero-order valence-electron chi connectivity index (χ0n) is 8.60. The van der Waals surface area contributed by atoms with Crippen molar-refractivity contribution in [1.82, 2.24) is 0 Å². The van der Waals surface area contributed by atoms with Gasteiger partial charge in [0.2, 0.25) is 11.6 Å². The van der Waals surface area contributed by atoms with E-state index in [1.165, 1.54) is 6.08 Å². The molecule has 0 spiro atoms. The van der Waals surface area contributed by atoms with Crippen LogP contribution < -0.4 is 4.74 Å². The fraction of sp³-hybridized carbons (Fsp3) is 0.0769. The van der Waals surface area contributed by atoms with Crippen molar-refractivity contribution in [3.8, 4) is 5.75 Å². The van der Waals surface area contributed by atoms with Crippen molar-refractivity contribution in [3.63, 3.8) is 0 Å². The summed E-state index contributed by atoms with van der Waals surface area (Å²) in [7, 11) is 0. The van der Waals surface area contributed by atoms with Gasteiger partial charge in [0.15, 0.2) is 0 Å². The number of hydrogen-bond donors (Lipinski definition) is 0.